The number of aryl methyl sites for hydroxylation is 1. The fraction of sp³-hybridized carbons (Fsp3) is 0.682. The molecule has 3 rings (SSSR count). The van der Waals surface area contributed by atoms with E-state index in [-0.39, 0.29) is 42.2 Å². The van der Waals surface area contributed by atoms with E-state index >= 15 is 0 Å². The average Bonchev–Trinajstić information content (AvgIpc) is 3.28. The second-order valence-electron chi connectivity index (χ2n) is 9.14. The molecule has 1 aromatic carbocycles. The maximum Gasteiger partial charge on any atom is 0.241 e. The van der Waals surface area contributed by atoms with E-state index in [9.17, 15) is 14.7 Å². The number of carbonyl (C=O) groups excluding carboxylic acids is 1. The van der Waals surface area contributed by atoms with Crippen LogP contribution in [0.2, 0.25) is 18.6 Å². The Labute approximate surface area is 175 Å². The molecule has 0 saturated carbocycles. The van der Waals surface area contributed by atoms with Gasteiger partial charge in [-0.1, -0.05) is 19.1 Å². The number of nitrogens with one attached hydrogen (secondary N) is 2. The van der Waals surface area contributed by atoms with Gasteiger partial charge in [-0.15, -0.1) is 0 Å². The number of amides is 1. The third-order valence-electron chi connectivity index (χ3n) is 6.42. The van der Waals surface area contributed by atoms with Crippen molar-refractivity contribution >= 4 is 19.9 Å². The molecule has 7 heteroatoms. The first-order valence-electron chi connectivity index (χ1n) is 10.9. The summed E-state index contributed by atoms with van der Waals surface area (Å²) < 4.78 is 6.27. The number of benzene rings is 1. The molecular formula is C22H36N2O4Si. The molecule has 0 unspecified atom stereocenters. The molecule has 1 amide bonds. The highest BCUT2D eigenvalue weighted by atomic mass is 28.4. The van der Waals surface area contributed by atoms with Gasteiger partial charge in [-0.3, -0.25) is 4.79 Å². The third-order valence-corrected chi connectivity index (χ3v) is 8.95. The minimum Gasteiger partial charge on any atom is -0.432 e. The van der Waals surface area contributed by atoms with Crippen molar-refractivity contribution in [1.82, 2.24) is 5.32 Å². The molecule has 2 fully saturated rings. The largest absolute Gasteiger partial charge is 0.432 e. The lowest BCUT2D eigenvalue weighted by atomic mass is 9.95. The molecule has 6 nitrogen and oxygen atoms in total. The summed E-state index contributed by atoms with van der Waals surface area (Å²) >= 11 is 0. The van der Waals surface area contributed by atoms with Crippen LogP contribution in [-0.2, 0) is 16.0 Å². The van der Waals surface area contributed by atoms with E-state index in [1.165, 1.54) is 5.56 Å². The van der Waals surface area contributed by atoms with Gasteiger partial charge in [-0.2, -0.15) is 0 Å². The molecule has 2 saturated heterocycles. The predicted molar refractivity (Wildman–Crippen MR) is 117 cm³/mol. The zero-order valence-corrected chi connectivity index (χ0v) is 18.9. The molecule has 0 spiro atoms. The Morgan fingerprint density at radius 3 is 2.76 bits per heavy atom. The summed E-state index contributed by atoms with van der Waals surface area (Å²) in [6, 6.07) is 7.94. The Morgan fingerprint density at radius 2 is 2.10 bits per heavy atom. The molecular weight excluding hydrogens is 384 g/mol. The standard InChI is InChI=1S/C22H36N2O4Si/c1-15-19(28-20(11-13-25)21(15)29(2,3)27)10-9-16-6-4-7-17(14-16)24-22(26)18-8-5-12-23-18/h4,6-7,14-15,18-21,23,25,27H,5,8-13H2,1-3H3,(H,24,26)/t15-,18+,19+,20-,21+/m0/s1. The molecule has 0 bridgehead atoms. The number of aliphatic hydroxyl groups is 1. The summed E-state index contributed by atoms with van der Waals surface area (Å²) in [5.41, 5.74) is 2.14. The molecule has 2 aliphatic heterocycles. The lowest BCUT2D eigenvalue weighted by molar-refractivity contribution is -0.117. The first-order chi connectivity index (χ1) is 13.8. The lowest BCUT2D eigenvalue weighted by Crippen LogP contribution is -2.40. The normalized spacial score (nSPS) is 29.9. The molecule has 0 aliphatic carbocycles. The van der Waals surface area contributed by atoms with Crippen molar-refractivity contribution in [2.45, 2.75) is 75.9 Å². The van der Waals surface area contributed by atoms with Gasteiger partial charge in [-0.05, 0) is 75.4 Å². The number of carbonyl (C=O) groups is 1. The average molecular weight is 421 g/mol. The Kier molecular flexibility index (Phi) is 7.51. The zero-order chi connectivity index (χ0) is 21.0. The Hall–Kier alpha value is -1.25. The van der Waals surface area contributed by atoms with Crippen LogP contribution in [0.5, 0.6) is 0 Å². The fourth-order valence-corrected chi connectivity index (χ4v) is 7.71. The van der Waals surface area contributed by atoms with Gasteiger partial charge in [0.15, 0.2) is 8.32 Å². The van der Waals surface area contributed by atoms with E-state index in [1.807, 2.05) is 31.3 Å². The second kappa shape index (κ2) is 9.70. The number of hydrogen-bond donors (Lipinski definition) is 4. The first-order valence-corrected chi connectivity index (χ1v) is 13.9. The summed E-state index contributed by atoms with van der Waals surface area (Å²) in [5.74, 6) is 0.312. The highest BCUT2D eigenvalue weighted by Crippen LogP contribution is 2.45. The summed E-state index contributed by atoms with van der Waals surface area (Å²) in [6.45, 7) is 7.10. The molecule has 4 N–H and O–H groups in total. The minimum atomic E-state index is -2.37. The Bertz CT molecular complexity index is 688. The van der Waals surface area contributed by atoms with Crippen molar-refractivity contribution < 1.29 is 19.4 Å². The van der Waals surface area contributed by atoms with E-state index in [1.54, 1.807) is 0 Å². The fourth-order valence-electron chi connectivity index (χ4n) is 5.06. The van der Waals surface area contributed by atoms with E-state index in [2.05, 4.69) is 23.6 Å². The van der Waals surface area contributed by atoms with Gasteiger partial charge >= 0.3 is 0 Å². The van der Waals surface area contributed by atoms with Gasteiger partial charge in [0.25, 0.3) is 0 Å². The van der Waals surface area contributed by atoms with Gasteiger partial charge in [0, 0.05) is 17.8 Å². The zero-order valence-electron chi connectivity index (χ0n) is 17.9. The van der Waals surface area contributed by atoms with Gasteiger partial charge in [-0.25, -0.2) is 0 Å². The van der Waals surface area contributed by atoms with Crippen molar-refractivity contribution in [3.05, 3.63) is 29.8 Å². The SMILES string of the molecule is C[C@@H]1[C@@H]([Si](C)(C)O)[C@H](CCO)O[C@@H]1CCc1cccc(NC(=O)[C@H]2CCCN2)c1. The topological polar surface area (TPSA) is 90.8 Å². The van der Waals surface area contributed by atoms with Crippen LogP contribution < -0.4 is 10.6 Å². The first kappa shape index (κ1) is 22.4. The molecule has 2 aliphatic rings. The van der Waals surface area contributed by atoms with Crippen LogP contribution in [0.3, 0.4) is 0 Å². The number of hydrogen-bond acceptors (Lipinski definition) is 5. The smallest absolute Gasteiger partial charge is 0.241 e. The molecule has 29 heavy (non-hydrogen) atoms. The highest BCUT2D eigenvalue weighted by Gasteiger charge is 2.49. The molecule has 1 aromatic rings. The molecule has 2 heterocycles. The summed E-state index contributed by atoms with van der Waals surface area (Å²) in [7, 11) is -2.37. The number of rotatable bonds is 8. The lowest BCUT2D eigenvalue weighted by Gasteiger charge is -2.30. The number of aliphatic hydroxyl groups excluding tert-OH is 1. The van der Waals surface area contributed by atoms with Crippen molar-refractivity contribution in [2.75, 3.05) is 18.5 Å². The van der Waals surface area contributed by atoms with Crippen LogP contribution in [0.1, 0.15) is 38.2 Å². The van der Waals surface area contributed by atoms with Crippen molar-refractivity contribution in [2.24, 2.45) is 5.92 Å². The van der Waals surface area contributed by atoms with Gasteiger partial charge in [0.2, 0.25) is 5.91 Å². The van der Waals surface area contributed by atoms with Crippen LogP contribution >= 0.6 is 0 Å². The Morgan fingerprint density at radius 1 is 1.31 bits per heavy atom. The van der Waals surface area contributed by atoms with Gasteiger partial charge in [0.05, 0.1) is 18.2 Å². The maximum atomic E-state index is 12.3. The van der Waals surface area contributed by atoms with E-state index in [0.717, 1.165) is 37.9 Å². The highest BCUT2D eigenvalue weighted by molar-refractivity contribution is 6.71. The number of anilines is 1. The van der Waals surface area contributed by atoms with Crippen LogP contribution in [0.15, 0.2) is 24.3 Å². The van der Waals surface area contributed by atoms with E-state index < -0.39 is 8.32 Å². The Balaban J connectivity index is 1.58. The maximum absolute atomic E-state index is 12.3. The third kappa shape index (κ3) is 5.67. The summed E-state index contributed by atoms with van der Waals surface area (Å²) in [6.07, 6.45) is 4.26. The number of ether oxygens (including phenoxy) is 1. The van der Waals surface area contributed by atoms with Crippen LogP contribution in [0, 0.1) is 5.92 Å². The van der Waals surface area contributed by atoms with Crippen molar-refractivity contribution in [3.63, 3.8) is 0 Å². The van der Waals surface area contributed by atoms with E-state index in [4.69, 9.17) is 4.74 Å². The van der Waals surface area contributed by atoms with Crippen LogP contribution in [0.4, 0.5) is 5.69 Å². The molecule has 5 atom stereocenters. The quantitative estimate of drug-likeness (QED) is 0.486. The van der Waals surface area contributed by atoms with Gasteiger partial charge < -0.3 is 25.3 Å². The van der Waals surface area contributed by atoms with Crippen LogP contribution in [0.25, 0.3) is 0 Å². The second-order valence-corrected chi connectivity index (χ2v) is 13.1. The monoisotopic (exact) mass is 420 g/mol. The minimum absolute atomic E-state index is 0.0391. The predicted octanol–water partition coefficient (Wildman–Crippen LogP) is 2.66. The summed E-state index contributed by atoms with van der Waals surface area (Å²) in [5, 5.41) is 15.6. The van der Waals surface area contributed by atoms with Crippen LogP contribution in [-0.4, -0.2) is 55.5 Å². The van der Waals surface area contributed by atoms with E-state index in [0.29, 0.717) is 6.42 Å². The molecule has 162 valence electrons. The van der Waals surface area contributed by atoms with Gasteiger partial charge in [0.1, 0.15) is 0 Å². The van der Waals surface area contributed by atoms with Crippen molar-refractivity contribution in [1.29, 1.82) is 0 Å². The summed E-state index contributed by atoms with van der Waals surface area (Å²) in [4.78, 5) is 23.1. The molecule has 0 radical (unpaired) electrons. The van der Waals surface area contributed by atoms with Crippen molar-refractivity contribution in [3.8, 4) is 0 Å². The molecule has 0 aromatic heterocycles.